The summed E-state index contributed by atoms with van der Waals surface area (Å²) in [4.78, 5) is 12.0. The molecule has 3 rings (SSSR count). The molecule has 160 valence electrons. The zero-order valence-electron chi connectivity index (χ0n) is 18.0. The molecular formula is C24H34O5. The Bertz CT molecular complexity index is 829. The minimum Gasteiger partial charge on any atom is -0.507 e. The third-order valence-electron chi connectivity index (χ3n) is 7.40. The van der Waals surface area contributed by atoms with Crippen LogP contribution in [0.4, 0.5) is 0 Å². The van der Waals surface area contributed by atoms with Crippen LogP contribution in [0.2, 0.25) is 0 Å². The normalized spacial score (nSPS) is 30.4. The molecule has 4 atom stereocenters. The lowest BCUT2D eigenvalue weighted by Gasteiger charge is -2.50. The Morgan fingerprint density at radius 1 is 1.31 bits per heavy atom. The molecule has 1 saturated carbocycles. The van der Waals surface area contributed by atoms with E-state index in [1.807, 2.05) is 13.8 Å². The molecule has 0 aromatic heterocycles. The fourth-order valence-corrected chi connectivity index (χ4v) is 5.17. The van der Waals surface area contributed by atoms with E-state index in [1.54, 1.807) is 6.07 Å². The number of aryl methyl sites for hydroxylation is 1. The van der Waals surface area contributed by atoms with Crippen LogP contribution in [0.25, 0.3) is 0 Å². The fraction of sp³-hybridized carbons (Fsp3) is 0.625. The average Bonchev–Trinajstić information content (AvgIpc) is 3.06. The highest BCUT2D eigenvalue weighted by Crippen LogP contribution is 2.62. The van der Waals surface area contributed by atoms with E-state index in [0.29, 0.717) is 42.6 Å². The summed E-state index contributed by atoms with van der Waals surface area (Å²) >= 11 is 0. The summed E-state index contributed by atoms with van der Waals surface area (Å²) in [7, 11) is 0. The summed E-state index contributed by atoms with van der Waals surface area (Å²) in [6.07, 6.45) is 4.73. The van der Waals surface area contributed by atoms with Crippen molar-refractivity contribution in [1.29, 1.82) is 0 Å². The van der Waals surface area contributed by atoms with Crippen molar-refractivity contribution in [2.24, 2.45) is 5.41 Å². The highest BCUT2D eigenvalue weighted by molar-refractivity contribution is 5.94. The lowest BCUT2D eigenvalue weighted by Crippen LogP contribution is -2.55. The van der Waals surface area contributed by atoms with Crippen LogP contribution in [0.5, 0.6) is 11.5 Å². The van der Waals surface area contributed by atoms with E-state index >= 15 is 0 Å². The van der Waals surface area contributed by atoms with Gasteiger partial charge in [-0.15, -0.1) is 0 Å². The van der Waals surface area contributed by atoms with Gasteiger partial charge in [0, 0.05) is 11.5 Å². The fourth-order valence-electron chi connectivity index (χ4n) is 5.17. The molecule has 0 bridgehead atoms. The van der Waals surface area contributed by atoms with Gasteiger partial charge < -0.3 is 20.1 Å². The monoisotopic (exact) mass is 402 g/mol. The lowest BCUT2D eigenvalue weighted by molar-refractivity contribution is -0.113. The largest absolute Gasteiger partial charge is 0.507 e. The predicted molar refractivity (Wildman–Crippen MR) is 113 cm³/mol. The molecule has 3 N–H and O–H groups in total. The summed E-state index contributed by atoms with van der Waals surface area (Å²) in [5.41, 5.74) is 0.622. The van der Waals surface area contributed by atoms with E-state index in [1.165, 1.54) is 0 Å². The Morgan fingerprint density at radius 2 is 2.00 bits per heavy atom. The third-order valence-corrected chi connectivity index (χ3v) is 7.40. The molecule has 2 aliphatic rings. The number of carboxylic acid groups (broad SMARTS) is 1. The van der Waals surface area contributed by atoms with Crippen molar-refractivity contribution >= 4 is 5.97 Å². The number of ether oxygens (including phenoxy) is 1. The standard InChI is InChI=1S/C24H34O5/c1-6-8-9-10-15-13-16-18(20(25)17(15)22(26)27)19-21(29-16)24(28,7-2)12-11-23(19,5)14(3)4/h13,19,21,25,28H,3,6-12H2,1-2,4-5H3,(H,26,27)/t19-,21+,23+,24+/m1/s1. The topological polar surface area (TPSA) is 87.0 Å². The summed E-state index contributed by atoms with van der Waals surface area (Å²) in [5.74, 6) is -1.16. The van der Waals surface area contributed by atoms with Gasteiger partial charge in [-0.1, -0.05) is 45.8 Å². The smallest absolute Gasteiger partial charge is 0.339 e. The first-order valence-electron chi connectivity index (χ1n) is 10.8. The molecule has 0 radical (unpaired) electrons. The van der Waals surface area contributed by atoms with Crippen molar-refractivity contribution in [2.45, 2.75) is 90.3 Å². The summed E-state index contributed by atoms with van der Waals surface area (Å²) in [6, 6.07) is 1.78. The molecule has 1 aromatic rings. The summed E-state index contributed by atoms with van der Waals surface area (Å²) < 4.78 is 6.28. The maximum atomic E-state index is 12.0. The van der Waals surface area contributed by atoms with Crippen LogP contribution in [0.1, 0.15) is 93.6 Å². The number of aromatic carboxylic acids is 1. The Morgan fingerprint density at radius 3 is 2.55 bits per heavy atom. The highest BCUT2D eigenvalue weighted by atomic mass is 16.5. The van der Waals surface area contributed by atoms with E-state index < -0.39 is 23.1 Å². The van der Waals surface area contributed by atoms with E-state index in [-0.39, 0.29) is 17.2 Å². The number of benzene rings is 1. The number of hydrogen-bond acceptors (Lipinski definition) is 4. The van der Waals surface area contributed by atoms with E-state index in [0.717, 1.165) is 24.8 Å². The Hall–Kier alpha value is -2.01. The molecule has 5 heteroatoms. The van der Waals surface area contributed by atoms with Crippen molar-refractivity contribution in [2.75, 3.05) is 0 Å². The van der Waals surface area contributed by atoms with Crippen molar-refractivity contribution in [1.82, 2.24) is 0 Å². The molecule has 0 spiro atoms. The number of carboxylic acids is 1. The molecule has 5 nitrogen and oxygen atoms in total. The number of aromatic hydroxyl groups is 1. The van der Waals surface area contributed by atoms with Crippen LogP contribution in [0.15, 0.2) is 18.2 Å². The molecule has 0 amide bonds. The lowest BCUT2D eigenvalue weighted by atomic mass is 9.57. The molecule has 1 aromatic carbocycles. The van der Waals surface area contributed by atoms with Gasteiger partial charge in [-0.3, -0.25) is 0 Å². The second kappa shape index (κ2) is 7.67. The van der Waals surface area contributed by atoms with Crippen molar-refractivity contribution in [3.63, 3.8) is 0 Å². The van der Waals surface area contributed by atoms with E-state index in [2.05, 4.69) is 20.4 Å². The molecule has 1 fully saturated rings. The maximum absolute atomic E-state index is 12.0. The summed E-state index contributed by atoms with van der Waals surface area (Å²) in [5, 5.41) is 32.3. The number of carbonyl (C=O) groups is 1. The van der Waals surface area contributed by atoms with Crippen LogP contribution in [-0.4, -0.2) is 33.0 Å². The van der Waals surface area contributed by atoms with Crippen LogP contribution in [0.3, 0.4) is 0 Å². The van der Waals surface area contributed by atoms with Gasteiger partial charge in [0.15, 0.2) is 0 Å². The van der Waals surface area contributed by atoms with Gasteiger partial charge in [0.2, 0.25) is 0 Å². The van der Waals surface area contributed by atoms with Crippen LogP contribution in [-0.2, 0) is 6.42 Å². The highest BCUT2D eigenvalue weighted by Gasteiger charge is 2.59. The molecule has 1 aliphatic heterocycles. The van der Waals surface area contributed by atoms with Crippen molar-refractivity contribution in [3.05, 3.63) is 34.9 Å². The third kappa shape index (κ3) is 3.33. The first kappa shape index (κ1) is 21.7. The quantitative estimate of drug-likeness (QED) is 0.432. The maximum Gasteiger partial charge on any atom is 0.339 e. The summed E-state index contributed by atoms with van der Waals surface area (Å²) in [6.45, 7) is 12.2. The number of rotatable bonds is 7. The number of aliphatic hydroxyl groups is 1. The number of unbranched alkanes of at least 4 members (excludes halogenated alkanes) is 2. The van der Waals surface area contributed by atoms with E-state index in [9.17, 15) is 20.1 Å². The van der Waals surface area contributed by atoms with Crippen molar-refractivity contribution < 1.29 is 24.9 Å². The molecule has 29 heavy (non-hydrogen) atoms. The number of hydrogen-bond donors (Lipinski definition) is 3. The van der Waals surface area contributed by atoms with Gasteiger partial charge in [0.25, 0.3) is 0 Å². The molecule has 0 unspecified atom stereocenters. The second-order valence-electron chi connectivity index (χ2n) is 9.10. The van der Waals surface area contributed by atoms with Crippen LogP contribution >= 0.6 is 0 Å². The number of allylic oxidation sites excluding steroid dienone is 1. The molecule has 1 aliphatic carbocycles. The predicted octanol–water partition coefficient (Wildman–Crippen LogP) is 5.19. The zero-order chi connectivity index (χ0) is 21.6. The van der Waals surface area contributed by atoms with Gasteiger partial charge in [-0.25, -0.2) is 4.79 Å². The average molecular weight is 403 g/mol. The first-order valence-corrected chi connectivity index (χ1v) is 10.8. The molecular weight excluding hydrogens is 368 g/mol. The van der Waals surface area contributed by atoms with Crippen molar-refractivity contribution in [3.8, 4) is 11.5 Å². The molecule has 0 saturated heterocycles. The number of phenols is 1. The van der Waals surface area contributed by atoms with Crippen LogP contribution < -0.4 is 4.74 Å². The first-order chi connectivity index (χ1) is 13.6. The Labute approximate surface area is 173 Å². The Kier molecular flexibility index (Phi) is 5.74. The molecule has 1 heterocycles. The van der Waals surface area contributed by atoms with Gasteiger partial charge >= 0.3 is 5.97 Å². The van der Waals surface area contributed by atoms with Gasteiger partial charge in [-0.05, 0) is 56.1 Å². The Balaban J connectivity index is 2.19. The van der Waals surface area contributed by atoms with Crippen LogP contribution in [0, 0.1) is 5.41 Å². The van der Waals surface area contributed by atoms with Gasteiger partial charge in [0.1, 0.15) is 28.8 Å². The zero-order valence-corrected chi connectivity index (χ0v) is 18.0. The second-order valence-corrected chi connectivity index (χ2v) is 9.10. The van der Waals surface area contributed by atoms with E-state index in [4.69, 9.17) is 4.74 Å². The van der Waals surface area contributed by atoms with Gasteiger partial charge in [-0.2, -0.15) is 0 Å². The minimum atomic E-state index is -1.13. The SMILES string of the molecule is C=C(C)[C@]1(C)CC[C@@](O)(CC)[C@H]2Oc3cc(CCCCC)c(C(=O)O)c(O)c3[C@H]21. The minimum absolute atomic E-state index is 0.0289. The van der Waals surface area contributed by atoms with Gasteiger partial charge in [0.05, 0.1) is 0 Å². The number of fused-ring (bicyclic) bond motifs is 3.